The van der Waals surface area contributed by atoms with Gasteiger partial charge in [0.25, 0.3) is 0 Å². The summed E-state index contributed by atoms with van der Waals surface area (Å²) in [5.74, 6) is 0.884. The highest BCUT2D eigenvalue weighted by Gasteiger charge is 2.24. The number of urea groups is 1. The average Bonchev–Trinajstić information content (AvgIpc) is 3.36. The second-order valence-electron chi connectivity index (χ2n) is 6.99. The number of nitrogens with zero attached hydrogens (tertiary/aromatic N) is 4. The van der Waals surface area contributed by atoms with Crippen LogP contribution < -0.4 is 20.4 Å². The van der Waals surface area contributed by atoms with Crippen LogP contribution in [0.3, 0.4) is 0 Å². The molecule has 0 atom stereocenters. The topological polar surface area (TPSA) is 90.5 Å². The van der Waals surface area contributed by atoms with Gasteiger partial charge in [0, 0.05) is 49.9 Å². The first-order valence-electron chi connectivity index (χ1n) is 9.66. The van der Waals surface area contributed by atoms with Crippen molar-refractivity contribution >= 4 is 34.2 Å². The SMILES string of the molecule is O=C(Cc1csc(N2CCNC2=O)n1)NCc1cccnc1N1CCCCC1. The fraction of sp³-hybridized carbons (Fsp3) is 0.474. The van der Waals surface area contributed by atoms with Gasteiger partial charge in [0.05, 0.1) is 12.1 Å². The first-order valence-corrected chi connectivity index (χ1v) is 10.5. The molecule has 8 nitrogen and oxygen atoms in total. The molecule has 4 rings (SSSR count). The van der Waals surface area contributed by atoms with E-state index in [-0.39, 0.29) is 18.4 Å². The summed E-state index contributed by atoms with van der Waals surface area (Å²) in [6, 6.07) is 3.79. The molecule has 2 fully saturated rings. The molecule has 0 saturated carbocycles. The van der Waals surface area contributed by atoms with E-state index in [4.69, 9.17) is 0 Å². The van der Waals surface area contributed by atoms with Crippen molar-refractivity contribution in [3.05, 3.63) is 35.0 Å². The number of pyridine rings is 1. The predicted octanol–water partition coefficient (Wildman–Crippen LogP) is 1.92. The van der Waals surface area contributed by atoms with Crippen LogP contribution in [0, 0.1) is 0 Å². The molecule has 0 aliphatic carbocycles. The molecular formula is C19H24N6O2S. The number of hydrogen-bond acceptors (Lipinski definition) is 6. The first-order chi connectivity index (χ1) is 13.7. The molecule has 0 bridgehead atoms. The van der Waals surface area contributed by atoms with E-state index in [1.165, 1.54) is 30.6 Å². The van der Waals surface area contributed by atoms with Gasteiger partial charge in [-0.05, 0) is 25.3 Å². The Bertz CT molecular complexity index is 848. The highest BCUT2D eigenvalue weighted by molar-refractivity contribution is 7.14. The Labute approximate surface area is 168 Å². The van der Waals surface area contributed by atoms with Gasteiger partial charge in [-0.3, -0.25) is 9.69 Å². The number of carbonyl (C=O) groups is 2. The Balaban J connectivity index is 1.34. The molecule has 0 aromatic carbocycles. The number of hydrogen-bond donors (Lipinski definition) is 2. The highest BCUT2D eigenvalue weighted by Crippen LogP contribution is 2.23. The van der Waals surface area contributed by atoms with Gasteiger partial charge in [-0.25, -0.2) is 14.8 Å². The zero-order chi connectivity index (χ0) is 19.3. The fourth-order valence-corrected chi connectivity index (χ4v) is 4.38. The van der Waals surface area contributed by atoms with Gasteiger partial charge in [0.1, 0.15) is 5.82 Å². The van der Waals surface area contributed by atoms with Crippen molar-refractivity contribution in [2.75, 3.05) is 36.0 Å². The number of rotatable bonds is 6. The summed E-state index contributed by atoms with van der Waals surface area (Å²) in [4.78, 5) is 37.0. The lowest BCUT2D eigenvalue weighted by Crippen LogP contribution is -2.32. The maximum absolute atomic E-state index is 12.4. The van der Waals surface area contributed by atoms with E-state index in [2.05, 4.69) is 25.5 Å². The van der Waals surface area contributed by atoms with Crippen molar-refractivity contribution in [1.82, 2.24) is 20.6 Å². The first kappa shape index (κ1) is 18.7. The summed E-state index contributed by atoms with van der Waals surface area (Å²) < 4.78 is 0. The number of nitrogens with one attached hydrogen (secondary N) is 2. The van der Waals surface area contributed by atoms with Crippen LogP contribution in [0.25, 0.3) is 0 Å². The van der Waals surface area contributed by atoms with Crippen LogP contribution in [0.2, 0.25) is 0 Å². The summed E-state index contributed by atoms with van der Waals surface area (Å²) in [7, 11) is 0. The molecule has 2 N–H and O–H groups in total. The number of thiazole rings is 1. The Morgan fingerprint density at radius 2 is 2.11 bits per heavy atom. The minimum absolute atomic E-state index is 0.0869. The van der Waals surface area contributed by atoms with E-state index in [1.54, 1.807) is 11.1 Å². The minimum Gasteiger partial charge on any atom is -0.356 e. The largest absolute Gasteiger partial charge is 0.356 e. The lowest BCUT2D eigenvalue weighted by Gasteiger charge is -2.29. The van der Waals surface area contributed by atoms with Gasteiger partial charge in [0.2, 0.25) is 5.91 Å². The van der Waals surface area contributed by atoms with Gasteiger partial charge in [-0.1, -0.05) is 6.07 Å². The standard InChI is InChI=1S/C19H24N6O2S/c26-16(11-15-13-28-19(23-15)25-10-7-21-18(25)27)22-12-14-5-4-6-20-17(14)24-8-2-1-3-9-24/h4-6,13H,1-3,7-12H2,(H,21,27)(H,22,26). The fourth-order valence-electron chi connectivity index (χ4n) is 3.54. The van der Waals surface area contributed by atoms with Gasteiger partial charge in [-0.2, -0.15) is 0 Å². The Hall–Kier alpha value is -2.68. The summed E-state index contributed by atoms with van der Waals surface area (Å²) in [6.45, 7) is 3.72. The lowest BCUT2D eigenvalue weighted by atomic mass is 10.1. The zero-order valence-electron chi connectivity index (χ0n) is 15.7. The van der Waals surface area contributed by atoms with Crippen molar-refractivity contribution < 1.29 is 9.59 Å². The molecule has 148 valence electrons. The molecule has 4 heterocycles. The van der Waals surface area contributed by atoms with Gasteiger partial charge in [0.15, 0.2) is 5.13 Å². The highest BCUT2D eigenvalue weighted by atomic mass is 32.1. The number of anilines is 2. The van der Waals surface area contributed by atoms with Crippen LogP contribution in [-0.2, 0) is 17.8 Å². The second-order valence-corrected chi connectivity index (χ2v) is 7.83. The van der Waals surface area contributed by atoms with E-state index in [1.807, 2.05) is 17.5 Å². The van der Waals surface area contributed by atoms with Gasteiger partial charge >= 0.3 is 6.03 Å². The Kier molecular flexibility index (Phi) is 5.70. The smallest absolute Gasteiger partial charge is 0.323 e. The van der Waals surface area contributed by atoms with Crippen molar-refractivity contribution in [2.45, 2.75) is 32.2 Å². The average molecular weight is 401 g/mol. The van der Waals surface area contributed by atoms with Gasteiger partial charge < -0.3 is 15.5 Å². The predicted molar refractivity (Wildman–Crippen MR) is 109 cm³/mol. The number of aromatic nitrogens is 2. The Morgan fingerprint density at radius 3 is 2.89 bits per heavy atom. The molecule has 0 radical (unpaired) electrons. The zero-order valence-corrected chi connectivity index (χ0v) is 16.5. The monoisotopic (exact) mass is 400 g/mol. The molecule has 2 aliphatic rings. The van der Waals surface area contributed by atoms with Crippen LogP contribution >= 0.6 is 11.3 Å². The normalized spacial score (nSPS) is 16.9. The van der Waals surface area contributed by atoms with E-state index in [0.29, 0.717) is 30.5 Å². The van der Waals surface area contributed by atoms with E-state index in [0.717, 1.165) is 24.5 Å². The van der Waals surface area contributed by atoms with E-state index >= 15 is 0 Å². The third kappa shape index (κ3) is 4.24. The third-order valence-electron chi connectivity index (χ3n) is 4.97. The molecular weight excluding hydrogens is 376 g/mol. The van der Waals surface area contributed by atoms with Crippen molar-refractivity contribution in [2.24, 2.45) is 0 Å². The molecule has 2 saturated heterocycles. The molecule has 3 amide bonds. The second kappa shape index (κ2) is 8.55. The van der Waals surface area contributed by atoms with E-state index in [9.17, 15) is 9.59 Å². The third-order valence-corrected chi connectivity index (χ3v) is 5.88. The maximum atomic E-state index is 12.4. The maximum Gasteiger partial charge on any atom is 0.323 e. The minimum atomic E-state index is -0.132. The molecule has 9 heteroatoms. The molecule has 0 spiro atoms. The van der Waals surface area contributed by atoms with Crippen molar-refractivity contribution in [3.8, 4) is 0 Å². The number of piperidine rings is 1. The lowest BCUT2D eigenvalue weighted by molar-refractivity contribution is -0.120. The molecule has 2 aromatic rings. The van der Waals surface area contributed by atoms with Crippen LogP contribution in [0.1, 0.15) is 30.5 Å². The van der Waals surface area contributed by atoms with E-state index < -0.39 is 0 Å². The van der Waals surface area contributed by atoms with Crippen molar-refractivity contribution in [1.29, 1.82) is 0 Å². The van der Waals surface area contributed by atoms with Gasteiger partial charge in [-0.15, -0.1) is 11.3 Å². The number of carbonyl (C=O) groups excluding carboxylic acids is 2. The van der Waals surface area contributed by atoms with Crippen LogP contribution in [-0.4, -0.2) is 48.1 Å². The summed E-state index contributed by atoms with van der Waals surface area (Å²) in [6.07, 6.45) is 5.64. The molecule has 28 heavy (non-hydrogen) atoms. The quantitative estimate of drug-likeness (QED) is 0.773. The van der Waals surface area contributed by atoms with Crippen molar-refractivity contribution in [3.63, 3.8) is 0 Å². The molecule has 2 aromatic heterocycles. The molecule has 0 unspecified atom stereocenters. The molecule has 2 aliphatic heterocycles. The summed E-state index contributed by atoms with van der Waals surface area (Å²) >= 11 is 1.39. The summed E-state index contributed by atoms with van der Waals surface area (Å²) in [5, 5.41) is 8.21. The van der Waals surface area contributed by atoms with Crippen LogP contribution in [0.4, 0.5) is 15.7 Å². The van der Waals surface area contributed by atoms with Crippen LogP contribution in [0.15, 0.2) is 23.7 Å². The Morgan fingerprint density at radius 1 is 1.25 bits per heavy atom. The van der Waals surface area contributed by atoms with Crippen LogP contribution in [0.5, 0.6) is 0 Å². The number of amides is 3. The summed E-state index contributed by atoms with van der Waals surface area (Å²) in [5.41, 5.74) is 1.71.